The van der Waals surface area contributed by atoms with E-state index in [1.165, 1.54) is 4.31 Å². The molecule has 0 N–H and O–H groups in total. The molecule has 150 valence electrons. The van der Waals surface area contributed by atoms with Gasteiger partial charge in [0.05, 0.1) is 5.52 Å². The normalized spacial score (nSPS) is 20.2. The summed E-state index contributed by atoms with van der Waals surface area (Å²) in [5.74, 6) is -0.141. The van der Waals surface area contributed by atoms with Crippen LogP contribution in [-0.4, -0.2) is 72.1 Å². The number of benzene rings is 1. The molecule has 0 aliphatic carbocycles. The minimum Gasteiger partial charge on any atom is -0.335 e. The Morgan fingerprint density at radius 1 is 0.786 bits per heavy atom. The van der Waals surface area contributed by atoms with Gasteiger partial charge in [-0.2, -0.15) is 17.0 Å². The lowest BCUT2D eigenvalue weighted by Gasteiger charge is -2.36. The van der Waals surface area contributed by atoms with Crippen molar-refractivity contribution >= 4 is 27.0 Å². The van der Waals surface area contributed by atoms with Gasteiger partial charge in [0, 0.05) is 44.7 Å². The molecular formula is C20H26N4O3S. The van der Waals surface area contributed by atoms with Crippen molar-refractivity contribution in [1.29, 1.82) is 0 Å². The third-order valence-corrected chi connectivity index (χ3v) is 7.60. The first-order valence-electron chi connectivity index (χ1n) is 9.96. The molecule has 28 heavy (non-hydrogen) atoms. The van der Waals surface area contributed by atoms with Crippen molar-refractivity contribution in [1.82, 2.24) is 18.5 Å². The quantitative estimate of drug-likeness (QED) is 0.788. The van der Waals surface area contributed by atoms with Gasteiger partial charge in [-0.05, 0) is 25.0 Å². The summed E-state index contributed by atoms with van der Waals surface area (Å²) in [7, 11) is -3.44. The number of pyridine rings is 1. The van der Waals surface area contributed by atoms with Gasteiger partial charge in [-0.3, -0.25) is 4.79 Å². The summed E-state index contributed by atoms with van der Waals surface area (Å²) in [5, 5.41) is 0.993. The highest BCUT2D eigenvalue weighted by atomic mass is 32.2. The Balaban J connectivity index is 1.42. The summed E-state index contributed by atoms with van der Waals surface area (Å²) in [4.78, 5) is 19.0. The van der Waals surface area contributed by atoms with Crippen LogP contribution >= 0.6 is 0 Å². The van der Waals surface area contributed by atoms with E-state index in [4.69, 9.17) is 0 Å². The molecule has 4 rings (SSSR count). The number of nitrogens with zero attached hydrogens (tertiary/aromatic N) is 4. The van der Waals surface area contributed by atoms with Crippen molar-refractivity contribution in [2.45, 2.75) is 25.7 Å². The maximum Gasteiger partial charge on any atom is 0.282 e. The zero-order chi connectivity index (χ0) is 19.6. The highest BCUT2D eigenvalue weighted by Crippen LogP contribution is 2.19. The lowest BCUT2D eigenvalue weighted by Crippen LogP contribution is -2.54. The number of hydrogen-bond acceptors (Lipinski definition) is 4. The lowest BCUT2D eigenvalue weighted by molar-refractivity contribution is 0.0688. The first kappa shape index (κ1) is 19.3. The number of rotatable bonds is 3. The zero-order valence-corrected chi connectivity index (χ0v) is 16.8. The van der Waals surface area contributed by atoms with Gasteiger partial charge < -0.3 is 4.90 Å². The number of amides is 1. The van der Waals surface area contributed by atoms with Crippen LogP contribution in [0.3, 0.4) is 0 Å². The van der Waals surface area contributed by atoms with Crippen LogP contribution in [0.4, 0.5) is 0 Å². The lowest BCUT2D eigenvalue weighted by atomic mass is 10.2. The fraction of sp³-hybridized carbons (Fsp3) is 0.500. The van der Waals surface area contributed by atoms with Gasteiger partial charge in [0.15, 0.2) is 0 Å². The first-order chi connectivity index (χ1) is 13.6. The van der Waals surface area contributed by atoms with E-state index in [0.717, 1.165) is 36.6 Å². The first-order valence-corrected chi connectivity index (χ1v) is 11.4. The minimum atomic E-state index is -3.44. The monoisotopic (exact) mass is 402 g/mol. The molecule has 2 aliphatic rings. The molecule has 1 aromatic carbocycles. The van der Waals surface area contributed by atoms with Crippen LogP contribution in [0.15, 0.2) is 36.4 Å². The summed E-state index contributed by atoms with van der Waals surface area (Å²) in [5.41, 5.74) is 1.19. The van der Waals surface area contributed by atoms with Gasteiger partial charge in [0.25, 0.3) is 16.1 Å². The second kappa shape index (κ2) is 8.14. The van der Waals surface area contributed by atoms with Gasteiger partial charge in [0.2, 0.25) is 0 Å². The van der Waals surface area contributed by atoms with Crippen molar-refractivity contribution < 1.29 is 13.2 Å². The van der Waals surface area contributed by atoms with Crippen molar-refractivity contribution in [2.24, 2.45) is 0 Å². The van der Waals surface area contributed by atoms with Crippen molar-refractivity contribution in [2.75, 3.05) is 39.3 Å². The topological polar surface area (TPSA) is 73.8 Å². The van der Waals surface area contributed by atoms with Crippen molar-refractivity contribution in [3.63, 3.8) is 0 Å². The summed E-state index contributed by atoms with van der Waals surface area (Å²) in [6, 6.07) is 11.3. The number of hydrogen-bond donors (Lipinski definition) is 0. The Bertz CT molecular complexity index is 947. The van der Waals surface area contributed by atoms with Gasteiger partial charge in [-0.25, -0.2) is 4.98 Å². The molecule has 2 fully saturated rings. The van der Waals surface area contributed by atoms with Gasteiger partial charge in [-0.15, -0.1) is 0 Å². The molecule has 2 aromatic rings. The molecule has 1 amide bonds. The second-order valence-electron chi connectivity index (χ2n) is 7.40. The van der Waals surface area contributed by atoms with Crippen LogP contribution < -0.4 is 0 Å². The summed E-state index contributed by atoms with van der Waals surface area (Å²) in [6.07, 6.45) is 4.02. The second-order valence-corrected chi connectivity index (χ2v) is 9.33. The highest BCUT2D eigenvalue weighted by molar-refractivity contribution is 7.86. The van der Waals surface area contributed by atoms with E-state index in [9.17, 15) is 13.2 Å². The Hall–Kier alpha value is -2.03. The molecule has 8 heteroatoms. The van der Waals surface area contributed by atoms with Gasteiger partial charge in [-0.1, -0.05) is 37.1 Å². The molecule has 0 unspecified atom stereocenters. The number of carbonyl (C=O) groups is 1. The van der Waals surface area contributed by atoms with Gasteiger partial charge >= 0.3 is 0 Å². The molecule has 2 aliphatic heterocycles. The Kier molecular flexibility index (Phi) is 5.61. The summed E-state index contributed by atoms with van der Waals surface area (Å²) < 4.78 is 29.0. The average molecular weight is 403 g/mol. The smallest absolute Gasteiger partial charge is 0.282 e. The Morgan fingerprint density at radius 2 is 1.43 bits per heavy atom. The van der Waals surface area contributed by atoms with Crippen LogP contribution in [-0.2, 0) is 10.2 Å². The fourth-order valence-corrected chi connectivity index (χ4v) is 5.58. The van der Waals surface area contributed by atoms with E-state index in [2.05, 4.69) is 4.98 Å². The predicted molar refractivity (Wildman–Crippen MR) is 108 cm³/mol. The van der Waals surface area contributed by atoms with Crippen molar-refractivity contribution in [3.8, 4) is 0 Å². The van der Waals surface area contributed by atoms with Crippen LogP contribution in [0, 0.1) is 0 Å². The minimum absolute atomic E-state index is 0.141. The van der Waals surface area contributed by atoms with Crippen LogP contribution in [0.5, 0.6) is 0 Å². The molecule has 7 nitrogen and oxygen atoms in total. The third-order valence-electron chi connectivity index (χ3n) is 5.56. The Labute approximate surface area is 166 Å². The zero-order valence-electron chi connectivity index (χ0n) is 16.0. The molecule has 3 heterocycles. The summed E-state index contributed by atoms with van der Waals surface area (Å²) >= 11 is 0. The highest BCUT2D eigenvalue weighted by Gasteiger charge is 2.33. The van der Waals surface area contributed by atoms with Crippen molar-refractivity contribution in [3.05, 3.63) is 42.1 Å². The average Bonchev–Trinajstić information content (AvgIpc) is 3.03. The van der Waals surface area contributed by atoms with E-state index < -0.39 is 10.2 Å². The van der Waals surface area contributed by atoms with Crippen LogP contribution in [0.25, 0.3) is 10.9 Å². The molecule has 0 bridgehead atoms. The number of para-hydroxylation sites is 1. The van der Waals surface area contributed by atoms with E-state index in [1.54, 1.807) is 15.3 Å². The fourth-order valence-electron chi connectivity index (χ4n) is 3.90. The molecule has 0 saturated carbocycles. The molecule has 0 spiro atoms. The maximum absolute atomic E-state index is 12.9. The largest absolute Gasteiger partial charge is 0.335 e. The number of carbonyl (C=O) groups excluding carboxylic acids is 1. The number of aromatic nitrogens is 1. The van der Waals surface area contributed by atoms with Gasteiger partial charge in [0.1, 0.15) is 5.69 Å². The summed E-state index contributed by atoms with van der Waals surface area (Å²) in [6.45, 7) is 2.64. The van der Waals surface area contributed by atoms with Crippen LogP contribution in [0.1, 0.15) is 36.2 Å². The predicted octanol–water partition coefficient (Wildman–Crippen LogP) is 2.11. The molecule has 0 radical (unpaired) electrons. The van der Waals surface area contributed by atoms with Crippen LogP contribution in [0.2, 0.25) is 0 Å². The van der Waals surface area contributed by atoms with E-state index >= 15 is 0 Å². The molecule has 2 saturated heterocycles. The van der Waals surface area contributed by atoms with E-state index in [-0.39, 0.29) is 5.91 Å². The molecular weight excluding hydrogens is 376 g/mol. The number of fused-ring (bicyclic) bond motifs is 1. The van der Waals surface area contributed by atoms with E-state index in [0.29, 0.717) is 45.0 Å². The molecule has 0 atom stereocenters. The van der Waals surface area contributed by atoms with E-state index in [1.807, 2.05) is 30.3 Å². The maximum atomic E-state index is 12.9. The SMILES string of the molecule is O=C(c1ccc2ccccc2n1)N1CCN(S(=O)(=O)N2CCCCCC2)CC1. The third kappa shape index (κ3) is 3.90. The number of piperazine rings is 1. The standard InChI is InChI=1S/C20H26N4O3S/c25-20(19-10-9-17-7-3-4-8-18(17)21-19)22-13-15-24(16-14-22)28(26,27)23-11-5-1-2-6-12-23/h3-4,7-10H,1-2,5-6,11-16H2. The molecule has 1 aromatic heterocycles. The Morgan fingerprint density at radius 3 is 2.14 bits per heavy atom.